The van der Waals surface area contributed by atoms with Crippen LogP contribution in [0.4, 0.5) is 0 Å². The van der Waals surface area contributed by atoms with E-state index in [0.717, 1.165) is 17.7 Å². The van der Waals surface area contributed by atoms with Gasteiger partial charge in [-0.05, 0) is 37.9 Å². The van der Waals surface area contributed by atoms with Crippen molar-refractivity contribution in [3.8, 4) is 0 Å². The van der Waals surface area contributed by atoms with Gasteiger partial charge in [-0.3, -0.25) is 0 Å². The van der Waals surface area contributed by atoms with Gasteiger partial charge in [-0.15, -0.1) is 0 Å². The second-order valence-corrected chi connectivity index (χ2v) is 4.67. The number of nitrogens with zero attached hydrogens (tertiary/aromatic N) is 1. The lowest BCUT2D eigenvalue weighted by molar-refractivity contribution is 0.402. The van der Waals surface area contributed by atoms with Crippen LogP contribution in [0.5, 0.6) is 0 Å². The molecule has 86 valence electrons. The van der Waals surface area contributed by atoms with Gasteiger partial charge < -0.3 is 9.32 Å². The number of para-hydroxylation sites is 1. The highest BCUT2D eigenvalue weighted by Crippen LogP contribution is 2.29. The molecule has 0 saturated heterocycles. The van der Waals surface area contributed by atoms with Crippen molar-refractivity contribution in [3.05, 3.63) is 48.0 Å². The average molecular weight is 225 g/mol. The summed E-state index contributed by atoms with van der Waals surface area (Å²) >= 11 is 0. The van der Waals surface area contributed by atoms with E-state index in [9.17, 15) is 0 Å². The quantitative estimate of drug-likeness (QED) is 0.662. The number of benzene rings is 2. The topological polar surface area (TPSA) is 16.4 Å². The highest BCUT2D eigenvalue weighted by atomic mass is 16.3. The molecule has 0 amide bonds. The van der Waals surface area contributed by atoms with E-state index in [4.69, 9.17) is 4.42 Å². The molecule has 3 aromatic rings. The first kappa shape index (κ1) is 10.4. The van der Waals surface area contributed by atoms with Crippen molar-refractivity contribution in [1.29, 1.82) is 0 Å². The number of fused-ring (bicyclic) bond motifs is 3. The van der Waals surface area contributed by atoms with Gasteiger partial charge >= 0.3 is 0 Å². The van der Waals surface area contributed by atoms with Crippen LogP contribution in [-0.2, 0) is 6.54 Å². The maximum atomic E-state index is 5.80. The Morgan fingerprint density at radius 1 is 0.941 bits per heavy atom. The van der Waals surface area contributed by atoms with Gasteiger partial charge in [0.15, 0.2) is 0 Å². The third kappa shape index (κ3) is 1.81. The lowest BCUT2D eigenvalue weighted by Crippen LogP contribution is -2.10. The van der Waals surface area contributed by atoms with Crippen LogP contribution < -0.4 is 0 Å². The lowest BCUT2D eigenvalue weighted by Gasteiger charge is -2.08. The second-order valence-electron chi connectivity index (χ2n) is 4.67. The second kappa shape index (κ2) is 3.90. The fraction of sp³-hybridized carbons (Fsp3) is 0.200. The summed E-state index contributed by atoms with van der Waals surface area (Å²) < 4.78 is 5.80. The molecule has 2 nitrogen and oxygen atoms in total. The van der Waals surface area contributed by atoms with E-state index in [1.54, 1.807) is 0 Å². The number of furan rings is 1. The Kier molecular flexibility index (Phi) is 2.37. The van der Waals surface area contributed by atoms with Crippen molar-refractivity contribution in [3.63, 3.8) is 0 Å². The van der Waals surface area contributed by atoms with E-state index in [-0.39, 0.29) is 0 Å². The van der Waals surface area contributed by atoms with Gasteiger partial charge in [-0.25, -0.2) is 0 Å². The molecular weight excluding hydrogens is 210 g/mol. The molecule has 2 heteroatoms. The maximum Gasteiger partial charge on any atom is 0.135 e. The Hall–Kier alpha value is -1.80. The Bertz CT molecular complexity index is 667. The van der Waals surface area contributed by atoms with E-state index in [1.807, 2.05) is 12.1 Å². The van der Waals surface area contributed by atoms with Gasteiger partial charge in [-0.2, -0.15) is 0 Å². The van der Waals surface area contributed by atoms with Crippen LogP contribution in [0.3, 0.4) is 0 Å². The summed E-state index contributed by atoms with van der Waals surface area (Å²) in [5.41, 5.74) is 3.24. The van der Waals surface area contributed by atoms with Crippen molar-refractivity contribution < 1.29 is 4.42 Å². The normalized spacial score (nSPS) is 11.7. The van der Waals surface area contributed by atoms with Crippen molar-refractivity contribution in [2.75, 3.05) is 14.1 Å². The van der Waals surface area contributed by atoms with E-state index in [2.05, 4.69) is 49.3 Å². The fourth-order valence-corrected chi connectivity index (χ4v) is 2.24. The van der Waals surface area contributed by atoms with Gasteiger partial charge in [0, 0.05) is 17.3 Å². The maximum absolute atomic E-state index is 5.80. The number of rotatable bonds is 2. The average Bonchev–Trinajstić information content (AvgIpc) is 2.66. The third-order valence-corrected chi connectivity index (χ3v) is 2.94. The summed E-state index contributed by atoms with van der Waals surface area (Å²) in [5.74, 6) is 0. The van der Waals surface area contributed by atoms with Crippen molar-refractivity contribution in [1.82, 2.24) is 4.90 Å². The minimum Gasteiger partial charge on any atom is -0.456 e. The first-order chi connectivity index (χ1) is 8.24. The molecule has 1 aromatic heterocycles. The van der Waals surface area contributed by atoms with Gasteiger partial charge in [0.1, 0.15) is 11.2 Å². The summed E-state index contributed by atoms with van der Waals surface area (Å²) in [6, 6.07) is 14.6. The third-order valence-electron chi connectivity index (χ3n) is 2.94. The molecule has 0 N–H and O–H groups in total. The Morgan fingerprint density at radius 3 is 2.53 bits per heavy atom. The molecule has 3 rings (SSSR count). The predicted molar refractivity (Wildman–Crippen MR) is 71.1 cm³/mol. The molecule has 0 bridgehead atoms. The summed E-state index contributed by atoms with van der Waals surface area (Å²) in [5, 5.41) is 2.41. The van der Waals surface area contributed by atoms with E-state index < -0.39 is 0 Å². The van der Waals surface area contributed by atoms with Gasteiger partial charge in [0.25, 0.3) is 0 Å². The van der Waals surface area contributed by atoms with Gasteiger partial charge in [0.2, 0.25) is 0 Å². The van der Waals surface area contributed by atoms with Crippen LogP contribution in [-0.4, -0.2) is 19.0 Å². The SMILES string of the molecule is CN(C)Cc1ccc2oc3ccccc3c2c1. The van der Waals surface area contributed by atoms with Crippen LogP contribution in [0.2, 0.25) is 0 Å². The molecule has 0 aliphatic heterocycles. The molecule has 0 spiro atoms. The monoisotopic (exact) mass is 225 g/mol. The summed E-state index contributed by atoms with van der Waals surface area (Å²) in [6.07, 6.45) is 0. The number of hydrogen-bond donors (Lipinski definition) is 0. The minimum absolute atomic E-state index is 0.954. The predicted octanol–water partition coefficient (Wildman–Crippen LogP) is 3.65. The standard InChI is InChI=1S/C15H15NO/c1-16(2)10-11-7-8-15-13(9-11)12-5-3-4-6-14(12)17-15/h3-9H,10H2,1-2H3. The molecule has 0 atom stereocenters. The first-order valence-electron chi connectivity index (χ1n) is 5.79. The molecule has 0 fully saturated rings. The van der Waals surface area contributed by atoms with E-state index >= 15 is 0 Å². The van der Waals surface area contributed by atoms with Crippen LogP contribution in [0.15, 0.2) is 46.9 Å². The highest BCUT2D eigenvalue weighted by molar-refractivity contribution is 6.04. The highest BCUT2D eigenvalue weighted by Gasteiger charge is 2.06. The minimum atomic E-state index is 0.954. The first-order valence-corrected chi connectivity index (χ1v) is 5.79. The lowest BCUT2D eigenvalue weighted by atomic mass is 10.1. The summed E-state index contributed by atoms with van der Waals surface area (Å²) in [4.78, 5) is 2.17. The molecule has 17 heavy (non-hydrogen) atoms. The van der Waals surface area contributed by atoms with Crippen molar-refractivity contribution in [2.45, 2.75) is 6.54 Å². The molecule has 0 saturated carbocycles. The molecule has 2 aromatic carbocycles. The van der Waals surface area contributed by atoms with Crippen molar-refractivity contribution in [2.24, 2.45) is 0 Å². The smallest absolute Gasteiger partial charge is 0.135 e. The Labute approximate surface area is 100 Å². The molecule has 0 aliphatic rings. The van der Waals surface area contributed by atoms with Crippen molar-refractivity contribution >= 4 is 21.9 Å². The summed E-state index contributed by atoms with van der Waals surface area (Å²) in [6.45, 7) is 0.954. The van der Waals surface area contributed by atoms with Crippen LogP contribution in [0.1, 0.15) is 5.56 Å². The zero-order chi connectivity index (χ0) is 11.8. The zero-order valence-corrected chi connectivity index (χ0v) is 10.1. The summed E-state index contributed by atoms with van der Waals surface area (Å²) in [7, 11) is 4.16. The molecule has 0 unspecified atom stereocenters. The molecule has 0 aliphatic carbocycles. The zero-order valence-electron chi connectivity index (χ0n) is 10.1. The van der Waals surface area contributed by atoms with E-state index in [0.29, 0.717) is 0 Å². The van der Waals surface area contributed by atoms with Crippen LogP contribution in [0.25, 0.3) is 21.9 Å². The largest absolute Gasteiger partial charge is 0.456 e. The van der Waals surface area contributed by atoms with Crippen LogP contribution >= 0.6 is 0 Å². The Balaban J connectivity index is 2.23. The van der Waals surface area contributed by atoms with Crippen LogP contribution in [0, 0.1) is 0 Å². The molecule has 0 radical (unpaired) electrons. The fourth-order valence-electron chi connectivity index (χ4n) is 2.24. The van der Waals surface area contributed by atoms with Gasteiger partial charge in [-0.1, -0.05) is 24.3 Å². The Morgan fingerprint density at radius 2 is 1.71 bits per heavy atom. The van der Waals surface area contributed by atoms with Gasteiger partial charge in [0.05, 0.1) is 0 Å². The van der Waals surface area contributed by atoms with E-state index in [1.165, 1.54) is 16.3 Å². The number of hydrogen-bond acceptors (Lipinski definition) is 2. The molecule has 1 heterocycles. The molecular formula is C15H15NO.